The third-order valence-electron chi connectivity index (χ3n) is 6.01. The highest BCUT2D eigenvalue weighted by Gasteiger charge is 2.82. The second-order valence-electron chi connectivity index (χ2n) is 8.75. The molecule has 0 radical (unpaired) electrons. The van der Waals surface area contributed by atoms with Gasteiger partial charge >= 0.3 is 30.1 Å². The molecule has 0 bridgehead atoms. The lowest BCUT2D eigenvalue weighted by atomic mass is 9.84. The van der Waals surface area contributed by atoms with Gasteiger partial charge in [0.25, 0.3) is 11.8 Å². The zero-order valence-corrected chi connectivity index (χ0v) is 22.3. The largest absolute Gasteiger partial charge is 0.457 e. The van der Waals surface area contributed by atoms with E-state index in [2.05, 4.69) is 15.9 Å². The Labute approximate surface area is 243 Å². The Kier molecular flexibility index (Phi) is 8.83. The van der Waals surface area contributed by atoms with Crippen molar-refractivity contribution < 1.29 is 71.1 Å². The molecule has 0 spiro atoms. The molecule has 0 fully saturated rings. The van der Waals surface area contributed by atoms with Gasteiger partial charge in [0.2, 0.25) is 0 Å². The number of nitrogens with one attached hydrogen (secondary N) is 1. The summed E-state index contributed by atoms with van der Waals surface area (Å²) in [6.45, 7) is 0. The maximum absolute atomic E-state index is 15.4. The lowest BCUT2D eigenvalue weighted by Crippen LogP contribution is -2.59. The van der Waals surface area contributed by atoms with E-state index in [1.165, 1.54) is 0 Å². The molecule has 44 heavy (non-hydrogen) atoms. The van der Waals surface area contributed by atoms with Gasteiger partial charge in [0.05, 0.1) is 22.4 Å². The van der Waals surface area contributed by atoms with E-state index in [4.69, 9.17) is 5.73 Å². The Morgan fingerprint density at radius 2 is 1.32 bits per heavy atom. The van der Waals surface area contributed by atoms with Crippen LogP contribution in [0.15, 0.2) is 53.0 Å². The zero-order valence-electron chi connectivity index (χ0n) is 20.7. The molecule has 0 saturated carbocycles. The number of carbonyl (C=O) groups excluding carboxylic acids is 2. The Morgan fingerprint density at radius 1 is 0.750 bits per heavy atom. The number of carbonyl (C=O) groups is 2. The Bertz CT molecular complexity index is 1630. The maximum Gasteiger partial charge on any atom is 0.457 e. The average Bonchev–Trinajstić information content (AvgIpc) is 2.87. The van der Waals surface area contributed by atoms with E-state index >= 15 is 8.78 Å². The molecule has 3 aromatic carbocycles. The van der Waals surface area contributed by atoms with Crippen LogP contribution in [0.25, 0.3) is 11.1 Å². The van der Waals surface area contributed by atoms with Crippen molar-refractivity contribution in [3.63, 3.8) is 0 Å². The van der Waals surface area contributed by atoms with Gasteiger partial charge in [-0.1, -0.05) is 34.1 Å². The highest BCUT2D eigenvalue weighted by molar-refractivity contribution is 9.10. The van der Waals surface area contributed by atoms with Gasteiger partial charge in [-0.05, 0) is 30.3 Å². The summed E-state index contributed by atoms with van der Waals surface area (Å²) >= 11 is 2.29. The quantitative estimate of drug-likeness (QED) is 0.251. The molecule has 3 aromatic rings. The Hall–Kier alpha value is -3.90. The number of benzene rings is 3. The van der Waals surface area contributed by atoms with Crippen LogP contribution in [0.3, 0.4) is 0 Å². The van der Waals surface area contributed by atoms with E-state index < -0.39 is 109 Å². The lowest BCUT2D eigenvalue weighted by Gasteiger charge is -2.36. The van der Waals surface area contributed by atoms with Crippen LogP contribution in [0.4, 0.5) is 67.2 Å². The minimum Gasteiger partial charge on any atom is -0.366 e. The second-order valence-corrected chi connectivity index (χ2v) is 9.61. The average molecular weight is 717 g/mol. The number of anilines is 1. The number of amides is 2. The Balaban J connectivity index is 2.45. The van der Waals surface area contributed by atoms with E-state index in [1.54, 1.807) is 5.32 Å². The van der Waals surface area contributed by atoms with Crippen LogP contribution in [-0.4, -0.2) is 30.1 Å². The van der Waals surface area contributed by atoms with Gasteiger partial charge in [0.15, 0.2) is 5.82 Å². The van der Waals surface area contributed by atoms with E-state index in [0.717, 1.165) is 24.3 Å². The Morgan fingerprint density at radius 3 is 1.80 bits per heavy atom. The van der Waals surface area contributed by atoms with Crippen LogP contribution in [0.2, 0.25) is 0 Å². The summed E-state index contributed by atoms with van der Waals surface area (Å²) in [6.07, 6.45) is -20.4. The molecule has 0 aliphatic rings. The molecule has 3 N–H and O–H groups in total. The first-order chi connectivity index (χ1) is 19.9. The van der Waals surface area contributed by atoms with Crippen molar-refractivity contribution in [1.29, 1.82) is 0 Å². The third-order valence-corrected chi connectivity index (χ3v) is 6.63. The first-order valence-corrected chi connectivity index (χ1v) is 12.0. The number of hydrogen-bond acceptors (Lipinski definition) is 2. The van der Waals surface area contributed by atoms with Crippen LogP contribution in [-0.2, 0) is 11.8 Å². The van der Waals surface area contributed by atoms with Crippen molar-refractivity contribution >= 4 is 33.4 Å². The summed E-state index contributed by atoms with van der Waals surface area (Å²) in [5, 5.41) is 1.68. The number of nitrogens with two attached hydrogens (primary N) is 1. The van der Waals surface area contributed by atoms with Crippen molar-refractivity contribution in [2.45, 2.75) is 30.1 Å². The molecular formula is C25H11BrF14N2O2. The first kappa shape index (κ1) is 34.6. The number of hydrogen-bond donors (Lipinski definition) is 2. The van der Waals surface area contributed by atoms with Crippen molar-refractivity contribution in [2.75, 3.05) is 5.32 Å². The van der Waals surface area contributed by atoms with Gasteiger partial charge in [0, 0.05) is 21.2 Å². The molecule has 0 aliphatic carbocycles. The standard InChI is InChI=1S/C25H11BrF14N2O2/c26-14-8-9(21(29,24(35,36)37)23(33,34)25(38,39)40)7-13(22(30,31)32)16(14)11-5-6-12(19(41)43)17(28)18(11)42-20(44)10-3-1-2-4-15(10)27/h1-8H,(H2,41,43)(H,42,44). The fourth-order valence-electron chi connectivity index (χ4n) is 3.94. The summed E-state index contributed by atoms with van der Waals surface area (Å²) in [6, 6.07) is 3.15. The van der Waals surface area contributed by atoms with E-state index in [9.17, 15) is 62.3 Å². The number of alkyl halides is 12. The molecule has 0 aromatic heterocycles. The zero-order chi connectivity index (χ0) is 33.8. The summed E-state index contributed by atoms with van der Waals surface area (Å²) in [5.74, 6) is -13.6. The van der Waals surface area contributed by atoms with E-state index in [1.807, 2.05) is 0 Å². The van der Waals surface area contributed by atoms with Crippen molar-refractivity contribution in [3.8, 4) is 11.1 Å². The van der Waals surface area contributed by atoms with Gasteiger partial charge in [-0.3, -0.25) is 9.59 Å². The van der Waals surface area contributed by atoms with Crippen LogP contribution >= 0.6 is 15.9 Å². The van der Waals surface area contributed by atoms with Gasteiger partial charge in [-0.15, -0.1) is 0 Å². The maximum atomic E-state index is 15.4. The van der Waals surface area contributed by atoms with E-state index in [0.29, 0.717) is 12.1 Å². The molecule has 1 unspecified atom stereocenters. The normalized spacial score (nSPS) is 14.2. The minimum atomic E-state index is -7.34. The molecule has 4 nitrogen and oxygen atoms in total. The molecule has 0 saturated heterocycles. The predicted octanol–water partition coefficient (Wildman–Crippen LogP) is 8.69. The lowest BCUT2D eigenvalue weighted by molar-refractivity contribution is -0.389. The fraction of sp³-hybridized carbons (Fsp3) is 0.200. The van der Waals surface area contributed by atoms with E-state index in [-0.39, 0.29) is 0 Å². The molecule has 238 valence electrons. The summed E-state index contributed by atoms with van der Waals surface area (Å²) in [4.78, 5) is 24.3. The topological polar surface area (TPSA) is 72.2 Å². The highest BCUT2D eigenvalue weighted by atomic mass is 79.9. The van der Waals surface area contributed by atoms with Crippen LogP contribution in [0, 0.1) is 11.6 Å². The molecule has 1 atom stereocenters. The predicted molar refractivity (Wildman–Crippen MR) is 127 cm³/mol. The number of rotatable bonds is 6. The number of halogens is 15. The molecule has 0 aliphatic heterocycles. The third kappa shape index (κ3) is 5.80. The van der Waals surface area contributed by atoms with Gasteiger partial charge in [-0.25, -0.2) is 13.2 Å². The van der Waals surface area contributed by atoms with Crippen LogP contribution in [0.5, 0.6) is 0 Å². The molecule has 2 amide bonds. The smallest absolute Gasteiger partial charge is 0.366 e. The second kappa shape index (κ2) is 11.2. The van der Waals surface area contributed by atoms with Crippen LogP contribution < -0.4 is 11.1 Å². The van der Waals surface area contributed by atoms with Crippen LogP contribution in [0.1, 0.15) is 31.8 Å². The van der Waals surface area contributed by atoms with Gasteiger partial charge in [-0.2, -0.15) is 48.3 Å². The van der Waals surface area contributed by atoms with Gasteiger partial charge < -0.3 is 11.1 Å². The molecular weight excluding hydrogens is 706 g/mol. The fourth-order valence-corrected chi connectivity index (χ4v) is 4.62. The molecule has 19 heteroatoms. The molecule has 3 rings (SSSR count). The minimum absolute atomic E-state index is 0.430. The highest BCUT2D eigenvalue weighted by Crippen LogP contribution is 2.59. The number of primary amides is 1. The SMILES string of the molecule is NC(=O)c1ccc(-c2c(Br)cc(C(F)(C(F)(F)F)C(F)(F)C(F)(F)F)cc2C(F)(F)F)c(NC(=O)c2ccccc2F)c1F. The van der Waals surface area contributed by atoms with Crippen molar-refractivity contribution in [3.05, 3.63) is 86.9 Å². The van der Waals surface area contributed by atoms with Crippen molar-refractivity contribution in [1.82, 2.24) is 0 Å². The molecule has 0 heterocycles. The van der Waals surface area contributed by atoms with Gasteiger partial charge in [0.1, 0.15) is 5.82 Å². The monoisotopic (exact) mass is 716 g/mol. The van der Waals surface area contributed by atoms with Crippen molar-refractivity contribution in [2.24, 2.45) is 5.73 Å². The first-order valence-electron chi connectivity index (χ1n) is 11.2. The summed E-state index contributed by atoms with van der Waals surface area (Å²) in [7, 11) is 0. The summed E-state index contributed by atoms with van der Waals surface area (Å²) in [5.41, 5.74) is -13.2. The summed E-state index contributed by atoms with van der Waals surface area (Å²) < 4.78 is 193.